The molecule has 82 valence electrons. The van der Waals surface area contributed by atoms with Crippen molar-refractivity contribution in [2.24, 2.45) is 0 Å². The molecule has 1 saturated carbocycles. The fourth-order valence-corrected chi connectivity index (χ4v) is 1.24. The number of hydrogen-bond donors (Lipinski definition) is 2. The Balaban J connectivity index is 2.52. The molecule has 1 aliphatic rings. The van der Waals surface area contributed by atoms with Gasteiger partial charge in [0.05, 0.1) is 0 Å². The maximum Gasteiger partial charge on any atom is 0.435 e. The smallest absolute Gasteiger partial charge is 0.394 e. The summed E-state index contributed by atoms with van der Waals surface area (Å²) in [7, 11) is 0. The van der Waals surface area contributed by atoms with Crippen molar-refractivity contribution in [2.75, 3.05) is 11.5 Å². The lowest BCUT2D eigenvalue weighted by atomic mass is 10.3. The summed E-state index contributed by atoms with van der Waals surface area (Å²) in [6.07, 6.45) is -2.97. The van der Waals surface area contributed by atoms with Crippen LogP contribution in [-0.2, 0) is 6.18 Å². The molecule has 0 bridgehead atoms. The molecule has 7 heteroatoms. The highest BCUT2D eigenvalue weighted by Crippen LogP contribution is 2.41. The highest BCUT2D eigenvalue weighted by Gasteiger charge is 2.38. The van der Waals surface area contributed by atoms with Gasteiger partial charge in [-0.25, -0.2) is 9.97 Å². The maximum absolute atomic E-state index is 12.5. The highest BCUT2D eigenvalue weighted by molar-refractivity contribution is 5.62. The molecule has 1 aromatic heterocycles. The first kappa shape index (κ1) is 10.0. The fraction of sp³-hybridized carbons (Fsp3) is 0.500. The number of nitrogens with zero attached hydrogens (tertiary/aromatic N) is 2. The van der Waals surface area contributed by atoms with Crippen LogP contribution in [0.5, 0.6) is 0 Å². The summed E-state index contributed by atoms with van der Waals surface area (Å²) in [6, 6.07) is 0. The summed E-state index contributed by atoms with van der Waals surface area (Å²) in [5.41, 5.74) is 8.78. The average molecular weight is 218 g/mol. The molecule has 15 heavy (non-hydrogen) atoms. The quantitative estimate of drug-likeness (QED) is 0.749. The molecular formula is C8H9F3N4. The van der Waals surface area contributed by atoms with E-state index in [1.807, 2.05) is 0 Å². The summed E-state index contributed by atoms with van der Waals surface area (Å²) in [5.74, 6) is -0.137. The van der Waals surface area contributed by atoms with Crippen LogP contribution in [0, 0.1) is 0 Å². The van der Waals surface area contributed by atoms with Crippen molar-refractivity contribution in [2.45, 2.75) is 24.9 Å². The number of alkyl halides is 3. The zero-order valence-corrected chi connectivity index (χ0v) is 7.67. The number of rotatable bonds is 1. The predicted octanol–water partition coefficient (Wildman–Crippen LogP) is 1.54. The molecule has 0 spiro atoms. The van der Waals surface area contributed by atoms with Gasteiger partial charge in [0.25, 0.3) is 0 Å². The Kier molecular flexibility index (Phi) is 1.99. The van der Waals surface area contributed by atoms with E-state index in [0.29, 0.717) is 0 Å². The van der Waals surface area contributed by atoms with Crippen molar-refractivity contribution in [3.8, 4) is 0 Å². The molecular weight excluding hydrogens is 209 g/mol. The Morgan fingerprint density at radius 3 is 2.20 bits per heavy atom. The third-order valence-corrected chi connectivity index (χ3v) is 2.20. The lowest BCUT2D eigenvalue weighted by Crippen LogP contribution is -2.16. The summed E-state index contributed by atoms with van der Waals surface area (Å²) < 4.78 is 37.4. The second-order valence-corrected chi connectivity index (χ2v) is 3.50. The van der Waals surface area contributed by atoms with Crippen LogP contribution in [0.25, 0.3) is 0 Å². The first-order chi connectivity index (χ1) is 6.89. The second kappa shape index (κ2) is 2.98. The Labute approximate surface area is 83.5 Å². The van der Waals surface area contributed by atoms with E-state index < -0.39 is 17.6 Å². The first-order valence-corrected chi connectivity index (χ1v) is 4.39. The lowest BCUT2D eigenvalue weighted by Gasteiger charge is -2.11. The Morgan fingerprint density at radius 2 is 1.73 bits per heavy atom. The zero-order chi connectivity index (χ0) is 11.2. The molecule has 1 aliphatic carbocycles. The molecule has 0 atom stereocenters. The van der Waals surface area contributed by atoms with Crippen molar-refractivity contribution in [1.29, 1.82) is 0 Å². The van der Waals surface area contributed by atoms with Crippen molar-refractivity contribution in [3.05, 3.63) is 11.5 Å². The number of nitrogen functional groups attached to an aromatic ring is 2. The van der Waals surface area contributed by atoms with Crippen molar-refractivity contribution in [3.63, 3.8) is 0 Å². The SMILES string of the molecule is Nc1nc(C2CC2)nc(C(F)(F)F)c1N. The van der Waals surface area contributed by atoms with E-state index in [0.717, 1.165) is 12.8 Å². The minimum Gasteiger partial charge on any atom is -0.394 e. The predicted molar refractivity (Wildman–Crippen MR) is 47.8 cm³/mol. The van der Waals surface area contributed by atoms with Gasteiger partial charge in [0.2, 0.25) is 0 Å². The Hall–Kier alpha value is -1.53. The maximum atomic E-state index is 12.5. The van der Waals surface area contributed by atoms with E-state index >= 15 is 0 Å². The minimum atomic E-state index is -4.58. The van der Waals surface area contributed by atoms with Gasteiger partial charge in [-0.15, -0.1) is 0 Å². The normalized spacial score (nSPS) is 16.7. The molecule has 1 heterocycles. The number of anilines is 2. The second-order valence-electron chi connectivity index (χ2n) is 3.50. The summed E-state index contributed by atoms with van der Waals surface area (Å²) in [4.78, 5) is 7.18. The van der Waals surface area contributed by atoms with E-state index in [9.17, 15) is 13.2 Å². The van der Waals surface area contributed by atoms with E-state index in [2.05, 4.69) is 9.97 Å². The topological polar surface area (TPSA) is 77.8 Å². The molecule has 1 fully saturated rings. The van der Waals surface area contributed by atoms with Crippen LogP contribution >= 0.6 is 0 Å². The number of nitrogens with two attached hydrogens (primary N) is 2. The Morgan fingerprint density at radius 1 is 1.13 bits per heavy atom. The van der Waals surface area contributed by atoms with Crippen LogP contribution in [0.15, 0.2) is 0 Å². The molecule has 4 nitrogen and oxygen atoms in total. The van der Waals surface area contributed by atoms with Gasteiger partial charge in [-0.3, -0.25) is 0 Å². The number of hydrogen-bond acceptors (Lipinski definition) is 4. The van der Waals surface area contributed by atoms with Gasteiger partial charge in [-0.1, -0.05) is 0 Å². The van der Waals surface area contributed by atoms with E-state index in [1.54, 1.807) is 0 Å². The molecule has 0 aromatic carbocycles. The fourth-order valence-electron chi connectivity index (χ4n) is 1.24. The molecule has 0 aliphatic heterocycles. The number of aromatic nitrogens is 2. The van der Waals surface area contributed by atoms with Crippen molar-refractivity contribution in [1.82, 2.24) is 9.97 Å². The Bertz CT molecular complexity index is 398. The molecule has 1 aromatic rings. The summed E-state index contributed by atoms with van der Waals surface area (Å²) in [5, 5.41) is 0. The minimum absolute atomic E-state index is 0.00833. The molecule has 2 rings (SSSR count). The van der Waals surface area contributed by atoms with Gasteiger partial charge in [0.15, 0.2) is 11.5 Å². The first-order valence-electron chi connectivity index (χ1n) is 4.39. The van der Waals surface area contributed by atoms with Crippen LogP contribution < -0.4 is 11.5 Å². The van der Waals surface area contributed by atoms with E-state index in [-0.39, 0.29) is 17.6 Å². The molecule has 0 radical (unpaired) electrons. The monoisotopic (exact) mass is 218 g/mol. The molecule has 0 unspecified atom stereocenters. The highest BCUT2D eigenvalue weighted by atomic mass is 19.4. The van der Waals surface area contributed by atoms with Gasteiger partial charge in [0.1, 0.15) is 11.5 Å². The third kappa shape index (κ3) is 1.81. The summed E-state index contributed by atoms with van der Waals surface area (Å²) in [6.45, 7) is 0. The van der Waals surface area contributed by atoms with Crippen molar-refractivity contribution >= 4 is 11.5 Å². The summed E-state index contributed by atoms with van der Waals surface area (Å²) >= 11 is 0. The lowest BCUT2D eigenvalue weighted by molar-refractivity contribution is -0.140. The standard InChI is InChI=1S/C8H9F3N4/c9-8(10,11)5-4(12)6(13)15-7(14-5)3-1-2-3/h3H,1-2,12H2,(H2,13,14,15). The largest absolute Gasteiger partial charge is 0.435 e. The van der Waals surface area contributed by atoms with E-state index in [4.69, 9.17) is 11.5 Å². The van der Waals surface area contributed by atoms with Gasteiger partial charge in [-0.2, -0.15) is 13.2 Å². The third-order valence-electron chi connectivity index (χ3n) is 2.20. The van der Waals surface area contributed by atoms with Crippen LogP contribution in [0.2, 0.25) is 0 Å². The van der Waals surface area contributed by atoms with Gasteiger partial charge < -0.3 is 11.5 Å². The van der Waals surface area contributed by atoms with Gasteiger partial charge in [-0.05, 0) is 12.8 Å². The molecule has 0 amide bonds. The van der Waals surface area contributed by atoms with Crippen LogP contribution in [0.4, 0.5) is 24.7 Å². The van der Waals surface area contributed by atoms with Gasteiger partial charge in [0, 0.05) is 5.92 Å². The van der Waals surface area contributed by atoms with E-state index in [1.165, 1.54) is 0 Å². The zero-order valence-electron chi connectivity index (χ0n) is 7.67. The van der Waals surface area contributed by atoms with Crippen LogP contribution in [0.3, 0.4) is 0 Å². The molecule has 4 N–H and O–H groups in total. The van der Waals surface area contributed by atoms with Crippen molar-refractivity contribution < 1.29 is 13.2 Å². The van der Waals surface area contributed by atoms with Crippen LogP contribution in [0.1, 0.15) is 30.3 Å². The molecule has 0 saturated heterocycles. The van der Waals surface area contributed by atoms with Gasteiger partial charge >= 0.3 is 6.18 Å². The van der Waals surface area contributed by atoms with Crippen LogP contribution in [-0.4, -0.2) is 9.97 Å². The number of halogens is 3. The average Bonchev–Trinajstić information content (AvgIpc) is 2.90.